The number of carbonyl (C=O) groups is 1. The van der Waals surface area contributed by atoms with Crippen molar-refractivity contribution in [3.05, 3.63) is 0 Å². The smallest absolute Gasteiger partial charge is 0.307 e. The third kappa shape index (κ3) is 4.83. The van der Waals surface area contributed by atoms with Crippen LogP contribution < -0.4 is 5.73 Å². The first-order valence-corrected chi connectivity index (χ1v) is 4.53. The topological polar surface area (TPSA) is 63.3 Å². The van der Waals surface area contributed by atoms with Crippen molar-refractivity contribution >= 4 is 5.97 Å². The summed E-state index contributed by atoms with van der Waals surface area (Å²) in [4.78, 5) is 10.5. The molecule has 3 atom stereocenters. The highest BCUT2D eigenvalue weighted by molar-refractivity contribution is 5.70. The Balaban J connectivity index is 3.84. The van der Waals surface area contributed by atoms with Crippen molar-refractivity contribution in [2.75, 3.05) is 6.67 Å². The van der Waals surface area contributed by atoms with Crippen LogP contribution in [0.5, 0.6) is 0 Å². The number of halogens is 1. The number of nitrogens with two attached hydrogens (primary N) is 1. The molecule has 3 N–H and O–H groups in total. The molecule has 0 heterocycles. The molecule has 0 spiro atoms. The van der Waals surface area contributed by atoms with Gasteiger partial charge < -0.3 is 10.8 Å². The Bertz CT molecular complexity index is 164. The van der Waals surface area contributed by atoms with Gasteiger partial charge in [-0.25, -0.2) is 0 Å². The van der Waals surface area contributed by atoms with Gasteiger partial charge in [-0.1, -0.05) is 13.8 Å². The lowest BCUT2D eigenvalue weighted by Gasteiger charge is -2.19. The Hall–Kier alpha value is -0.640. The minimum absolute atomic E-state index is 0.154. The van der Waals surface area contributed by atoms with Crippen molar-refractivity contribution in [1.29, 1.82) is 0 Å². The molecule has 0 bridgehead atoms. The molecule has 0 amide bonds. The van der Waals surface area contributed by atoms with E-state index in [1.165, 1.54) is 0 Å². The maximum absolute atomic E-state index is 11.9. The van der Waals surface area contributed by atoms with E-state index in [-0.39, 0.29) is 18.6 Å². The SMILES string of the molecule is CC(C(=O)O)[C@@H](N)C[C@H](C)CCF. The van der Waals surface area contributed by atoms with Crippen molar-refractivity contribution in [1.82, 2.24) is 0 Å². The highest BCUT2D eigenvalue weighted by Gasteiger charge is 2.21. The number of carboxylic acid groups (broad SMARTS) is 1. The van der Waals surface area contributed by atoms with E-state index in [1.807, 2.05) is 6.92 Å². The van der Waals surface area contributed by atoms with Gasteiger partial charge in [0.1, 0.15) is 0 Å². The summed E-state index contributed by atoms with van der Waals surface area (Å²) in [7, 11) is 0. The predicted molar refractivity (Wildman–Crippen MR) is 49.1 cm³/mol. The first-order chi connectivity index (χ1) is 5.99. The average molecular weight is 191 g/mol. The summed E-state index contributed by atoms with van der Waals surface area (Å²) in [5.74, 6) is -1.29. The molecule has 78 valence electrons. The zero-order valence-electron chi connectivity index (χ0n) is 8.16. The number of rotatable bonds is 6. The Morgan fingerprint density at radius 1 is 1.54 bits per heavy atom. The lowest BCUT2D eigenvalue weighted by molar-refractivity contribution is -0.141. The van der Waals surface area contributed by atoms with Gasteiger partial charge in [0.05, 0.1) is 12.6 Å². The molecule has 0 radical (unpaired) electrons. The summed E-state index contributed by atoms with van der Waals surface area (Å²) in [5.41, 5.74) is 5.65. The van der Waals surface area contributed by atoms with E-state index in [0.29, 0.717) is 12.8 Å². The van der Waals surface area contributed by atoms with Gasteiger partial charge in [-0.05, 0) is 18.8 Å². The molecule has 0 aromatic rings. The summed E-state index contributed by atoms with van der Waals surface area (Å²) < 4.78 is 11.9. The zero-order valence-corrected chi connectivity index (χ0v) is 8.16. The monoisotopic (exact) mass is 191 g/mol. The van der Waals surface area contributed by atoms with Crippen LogP contribution in [0.4, 0.5) is 4.39 Å². The predicted octanol–water partition coefficient (Wildman–Crippen LogP) is 1.42. The summed E-state index contributed by atoms with van der Waals surface area (Å²) >= 11 is 0. The third-order valence-electron chi connectivity index (χ3n) is 2.31. The third-order valence-corrected chi connectivity index (χ3v) is 2.31. The van der Waals surface area contributed by atoms with Gasteiger partial charge >= 0.3 is 5.97 Å². The number of hydrogen-bond acceptors (Lipinski definition) is 2. The van der Waals surface area contributed by atoms with Crippen molar-refractivity contribution in [2.45, 2.75) is 32.7 Å². The van der Waals surface area contributed by atoms with Crippen molar-refractivity contribution < 1.29 is 14.3 Å². The molecule has 0 aliphatic rings. The molecule has 0 fully saturated rings. The van der Waals surface area contributed by atoms with Crippen LogP contribution in [0.2, 0.25) is 0 Å². The number of aliphatic carboxylic acids is 1. The number of hydrogen-bond donors (Lipinski definition) is 2. The second-order valence-electron chi connectivity index (χ2n) is 3.61. The Morgan fingerprint density at radius 3 is 2.46 bits per heavy atom. The van der Waals surface area contributed by atoms with E-state index < -0.39 is 11.9 Å². The van der Waals surface area contributed by atoms with Gasteiger partial charge in [-0.2, -0.15) is 0 Å². The maximum atomic E-state index is 11.9. The highest BCUT2D eigenvalue weighted by Crippen LogP contribution is 2.14. The summed E-state index contributed by atoms with van der Waals surface area (Å²) in [6.07, 6.45) is 1.03. The van der Waals surface area contributed by atoms with E-state index in [0.717, 1.165) is 0 Å². The van der Waals surface area contributed by atoms with Crippen molar-refractivity contribution in [2.24, 2.45) is 17.6 Å². The Morgan fingerprint density at radius 2 is 2.08 bits per heavy atom. The summed E-state index contributed by atoms with van der Waals surface area (Å²) in [6.45, 7) is 3.10. The van der Waals surface area contributed by atoms with Crippen LogP contribution >= 0.6 is 0 Å². The summed E-state index contributed by atoms with van der Waals surface area (Å²) in [6, 6.07) is -0.376. The molecule has 0 aliphatic carbocycles. The first kappa shape index (κ1) is 12.4. The molecule has 0 aliphatic heterocycles. The van der Waals surface area contributed by atoms with E-state index >= 15 is 0 Å². The van der Waals surface area contributed by atoms with Gasteiger partial charge in [-0.15, -0.1) is 0 Å². The Kier molecular flexibility index (Phi) is 5.62. The molecule has 13 heavy (non-hydrogen) atoms. The highest BCUT2D eigenvalue weighted by atomic mass is 19.1. The van der Waals surface area contributed by atoms with E-state index in [9.17, 15) is 9.18 Å². The molecule has 0 rings (SSSR count). The molecule has 3 nitrogen and oxygen atoms in total. The Labute approximate surface area is 78.1 Å². The van der Waals surface area contributed by atoms with E-state index in [1.54, 1.807) is 6.92 Å². The molecule has 1 unspecified atom stereocenters. The van der Waals surface area contributed by atoms with Crippen LogP contribution in [0.1, 0.15) is 26.7 Å². The second-order valence-corrected chi connectivity index (χ2v) is 3.61. The maximum Gasteiger partial charge on any atom is 0.307 e. The van der Waals surface area contributed by atoms with Gasteiger partial charge in [0, 0.05) is 6.04 Å². The van der Waals surface area contributed by atoms with E-state index in [2.05, 4.69) is 0 Å². The molecule has 0 saturated carbocycles. The van der Waals surface area contributed by atoms with Crippen LogP contribution in [-0.4, -0.2) is 23.8 Å². The van der Waals surface area contributed by atoms with E-state index in [4.69, 9.17) is 10.8 Å². The largest absolute Gasteiger partial charge is 0.481 e. The second kappa shape index (κ2) is 5.91. The minimum atomic E-state index is -0.889. The van der Waals surface area contributed by atoms with Gasteiger partial charge in [-0.3, -0.25) is 9.18 Å². The van der Waals surface area contributed by atoms with Crippen LogP contribution in [-0.2, 0) is 4.79 Å². The first-order valence-electron chi connectivity index (χ1n) is 4.53. The lowest BCUT2D eigenvalue weighted by atomic mass is 9.92. The molecular formula is C9H18FNO2. The van der Waals surface area contributed by atoms with Crippen LogP contribution in [0.25, 0.3) is 0 Å². The normalized spacial score (nSPS) is 17.8. The average Bonchev–Trinajstić information content (AvgIpc) is 2.03. The van der Waals surface area contributed by atoms with Gasteiger partial charge in [0.25, 0.3) is 0 Å². The minimum Gasteiger partial charge on any atom is -0.481 e. The van der Waals surface area contributed by atoms with Crippen molar-refractivity contribution in [3.8, 4) is 0 Å². The standard InChI is InChI=1S/C9H18FNO2/c1-6(3-4-10)5-8(11)7(2)9(12)13/h6-8H,3-5,11H2,1-2H3,(H,12,13)/t6-,7?,8+/m1/s1. The lowest BCUT2D eigenvalue weighted by Crippen LogP contribution is -2.35. The summed E-state index contributed by atoms with van der Waals surface area (Å²) in [5, 5.41) is 8.64. The van der Waals surface area contributed by atoms with Crippen molar-refractivity contribution in [3.63, 3.8) is 0 Å². The molecular weight excluding hydrogens is 173 g/mol. The fourth-order valence-corrected chi connectivity index (χ4v) is 1.16. The number of carboxylic acids is 1. The molecule has 0 aromatic heterocycles. The fourth-order valence-electron chi connectivity index (χ4n) is 1.16. The number of alkyl halides is 1. The quantitative estimate of drug-likeness (QED) is 0.667. The molecule has 4 heteroatoms. The van der Waals surface area contributed by atoms with Crippen LogP contribution in [0.15, 0.2) is 0 Å². The van der Waals surface area contributed by atoms with Gasteiger partial charge in [0.2, 0.25) is 0 Å². The zero-order chi connectivity index (χ0) is 10.4. The van der Waals surface area contributed by atoms with Crippen LogP contribution in [0.3, 0.4) is 0 Å². The molecule has 0 saturated heterocycles. The molecule has 0 aromatic carbocycles. The van der Waals surface area contributed by atoms with Gasteiger partial charge in [0.15, 0.2) is 0 Å². The van der Waals surface area contributed by atoms with Crippen LogP contribution in [0, 0.1) is 11.8 Å². The fraction of sp³-hybridized carbons (Fsp3) is 0.889.